The minimum absolute atomic E-state index is 0.401. The summed E-state index contributed by atoms with van der Waals surface area (Å²) in [5.74, 6) is 0. The van der Waals surface area contributed by atoms with Gasteiger partial charge in [0.25, 0.3) is 6.43 Å². The second kappa shape index (κ2) is 4.33. The van der Waals surface area contributed by atoms with Crippen LogP contribution in [0.2, 0.25) is 0 Å². The van der Waals surface area contributed by atoms with Gasteiger partial charge in [-0.3, -0.25) is 0 Å². The molecule has 0 fully saturated rings. The summed E-state index contributed by atoms with van der Waals surface area (Å²) in [6.45, 7) is 0. The average Bonchev–Trinajstić information content (AvgIpc) is 2.15. The molecule has 8 heteroatoms. The molecule has 1 aromatic rings. The van der Waals surface area contributed by atoms with Gasteiger partial charge in [-0.2, -0.15) is 18.4 Å². The van der Waals surface area contributed by atoms with Gasteiger partial charge in [0.05, 0.1) is 11.1 Å². The van der Waals surface area contributed by atoms with Crippen molar-refractivity contribution in [3.05, 3.63) is 27.5 Å². The smallest absolute Gasteiger partial charge is 0.247 e. The average molecular weight is 301 g/mol. The monoisotopic (exact) mass is 300 g/mol. The molecule has 0 bridgehead atoms. The van der Waals surface area contributed by atoms with Gasteiger partial charge in [0.15, 0.2) is 0 Å². The molecule has 0 saturated carbocycles. The van der Waals surface area contributed by atoms with E-state index in [4.69, 9.17) is 5.26 Å². The molecule has 0 aromatic carbocycles. The predicted octanol–water partition coefficient (Wildman–Crippen LogP) is 3.67. The SMILES string of the molecule is N#Cc1c(Br)ncc(C(F)F)c1C(F)(F)F. The van der Waals surface area contributed by atoms with Gasteiger partial charge in [-0.15, -0.1) is 0 Å². The standard InChI is InChI=1S/C8H2BrF5N2/c9-6-3(1-15)5(8(12,13)14)4(2-16-6)7(10)11/h2,7H. The fourth-order valence-corrected chi connectivity index (χ4v) is 1.46. The van der Waals surface area contributed by atoms with Crippen LogP contribution < -0.4 is 0 Å². The third kappa shape index (κ3) is 2.29. The van der Waals surface area contributed by atoms with Gasteiger partial charge in [0.1, 0.15) is 10.7 Å². The third-order valence-electron chi connectivity index (χ3n) is 1.69. The Labute approximate surface area is 94.8 Å². The Morgan fingerprint density at radius 3 is 2.31 bits per heavy atom. The largest absolute Gasteiger partial charge is 0.418 e. The first-order valence-corrected chi connectivity index (χ1v) is 4.52. The van der Waals surface area contributed by atoms with E-state index in [0.29, 0.717) is 6.20 Å². The number of halogens is 6. The number of hydrogen-bond donors (Lipinski definition) is 0. The topological polar surface area (TPSA) is 36.7 Å². The van der Waals surface area contributed by atoms with E-state index < -0.39 is 33.9 Å². The zero-order valence-electron chi connectivity index (χ0n) is 7.32. The molecule has 0 aliphatic rings. The van der Waals surface area contributed by atoms with E-state index in [-0.39, 0.29) is 0 Å². The molecular formula is C8H2BrF5N2. The lowest BCUT2D eigenvalue weighted by Gasteiger charge is -2.13. The number of pyridine rings is 1. The number of hydrogen-bond acceptors (Lipinski definition) is 2. The highest BCUT2D eigenvalue weighted by Gasteiger charge is 2.39. The van der Waals surface area contributed by atoms with Gasteiger partial charge in [-0.25, -0.2) is 13.8 Å². The zero-order valence-corrected chi connectivity index (χ0v) is 8.90. The van der Waals surface area contributed by atoms with Gasteiger partial charge < -0.3 is 0 Å². The van der Waals surface area contributed by atoms with Gasteiger partial charge >= 0.3 is 6.18 Å². The van der Waals surface area contributed by atoms with Crippen molar-refractivity contribution < 1.29 is 22.0 Å². The first kappa shape index (κ1) is 12.8. The highest BCUT2D eigenvalue weighted by molar-refractivity contribution is 9.10. The van der Waals surface area contributed by atoms with Crippen molar-refractivity contribution in [3.8, 4) is 6.07 Å². The maximum absolute atomic E-state index is 12.5. The van der Waals surface area contributed by atoms with Crippen LogP contribution in [0, 0.1) is 11.3 Å². The van der Waals surface area contributed by atoms with E-state index in [0.717, 1.165) is 0 Å². The lowest BCUT2D eigenvalue weighted by atomic mass is 10.1. The molecular weight excluding hydrogens is 299 g/mol. The van der Waals surface area contributed by atoms with Gasteiger partial charge in [-0.05, 0) is 15.9 Å². The van der Waals surface area contributed by atoms with E-state index in [1.54, 1.807) is 0 Å². The van der Waals surface area contributed by atoms with Crippen molar-refractivity contribution in [2.45, 2.75) is 12.6 Å². The van der Waals surface area contributed by atoms with Crippen molar-refractivity contribution in [1.82, 2.24) is 4.98 Å². The molecule has 86 valence electrons. The maximum Gasteiger partial charge on any atom is 0.418 e. The lowest BCUT2D eigenvalue weighted by Crippen LogP contribution is -2.13. The Morgan fingerprint density at radius 2 is 1.94 bits per heavy atom. The molecule has 1 heterocycles. The highest BCUT2D eigenvalue weighted by Crippen LogP contribution is 2.39. The third-order valence-corrected chi connectivity index (χ3v) is 2.29. The van der Waals surface area contributed by atoms with Crippen LogP contribution in [0.4, 0.5) is 22.0 Å². The van der Waals surface area contributed by atoms with E-state index in [2.05, 4.69) is 20.9 Å². The quantitative estimate of drug-likeness (QED) is 0.586. The Bertz CT molecular complexity index is 449. The minimum Gasteiger partial charge on any atom is -0.247 e. The minimum atomic E-state index is -5.03. The first-order valence-electron chi connectivity index (χ1n) is 3.73. The Hall–Kier alpha value is -1.23. The molecule has 0 amide bonds. The van der Waals surface area contributed by atoms with Crippen LogP contribution in [0.25, 0.3) is 0 Å². The van der Waals surface area contributed by atoms with Gasteiger partial charge in [0.2, 0.25) is 0 Å². The van der Waals surface area contributed by atoms with Crippen LogP contribution in [0.15, 0.2) is 10.8 Å². The van der Waals surface area contributed by atoms with E-state index in [1.807, 2.05) is 0 Å². The Morgan fingerprint density at radius 1 is 1.38 bits per heavy atom. The molecule has 2 nitrogen and oxygen atoms in total. The molecule has 0 radical (unpaired) electrons. The van der Waals surface area contributed by atoms with E-state index in [9.17, 15) is 22.0 Å². The summed E-state index contributed by atoms with van der Waals surface area (Å²) in [5, 5.41) is 8.50. The molecule has 0 unspecified atom stereocenters. The normalized spacial score (nSPS) is 11.6. The van der Waals surface area contributed by atoms with Crippen LogP contribution in [0.3, 0.4) is 0 Å². The van der Waals surface area contributed by atoms with Crippen LogP contribution in [0.1, 0.15) is 23.1 Å². The number of aromatic nitrogens is 1. The molecule has 16 heavy (non-hydrogen) atoms. The zero-order chi connectivity index (χ0) is 12.5. The summed E-state index contributed by atoms with van der Waals surface area (Å²) >= 11 is 2.60. The summed E-state index contributed by atoms with van der Waals surface area (Å²) in [5.41, 5.74) is -3.88. The van der Waals surface area contributed by atoms with Crippen molar-refractivity contribution in [2.24, 2.45) is 0 Å². The van der Waals surface area contributed by atoms with E-state index in [1.165, 1.54) is 6.07 Å². The maximum atomic E-state index is 12.5. The molecule has 0 atom stereocenters. The number of nitriles is 1. The van der Waals surface area contributed by atoms with Crippen LogP contribution >= 0.6 is 15.9 Å². The Balaban J connectivity index is 3.63. The molecule has 0 saturated heterocycles. The number of alkyl halides is 5. The van der Waals surface area contributed by atoms with Crippen LogP contribution in [0.5, 0.6) is 0 Å². The molecule has 0 aliphatic carbocycles. The number of nitrogens with zero attached hydrogens (tertiary/aromatic N) is 2. The van der Waals surface area contributed by atoms with Crippen molar-refractivity contribution >= 4 is 15.9 Å². The van der Waals surface area contributed by atoms with Crippen molar-refractivity contribution in [3.63, 3.8) is 0 Å². The van der Waals surface area contributed by atoms with Crippen LogP contribution in [-0.2, 0) is 6.18 Å². The summed E-state index contributed by atoms with van der Waals surface area (Å²) < 4.78 is 61.8. The second-order valence-electron chi connectivity index (χ2n) is 2.66. The Kier molecular flexibility index (Phi) is 3.48. The molecule has 0 spiro atoms. The fourth-order valence-electron chi connectivity index (χ4n) is 1.08. The fraction of sp³-hybridized carbons (Fsp3) is 0.250. The summed E-state index contributed by atoms with van der Waals surface area (Å²) in [4.78, 5) is 3.26. The summed E-state index contributed by atoms with van der Waals surface area (Å²) in [6, 6.07) is 1.20. The van der Waals surface area contributed by atoms with E-state index >= 15 is 0 Å². The lowest BCUT2D eigenvalue weighted by molar-refractivity contribution is -0.139. The summed E-state index contributed by atoms with van der Waals surface area (Å²) in [7, 11) is 0. The van der Waals surface area contributed by atoms with Crippen LogP contribution in [-0.4, -0.2) is 4.98 Å². The van der Waals surface area contributed by atoms with Crippen molar-refractivity contribution in [1.29, 1.82) is 5.26 Å². The molecule has 1 rings (SSSR count). The molecule has 0 aliphatic heterocycles. The molecule has 1 aromatic heterocycles. The second-order valence-corrected chi connectivity index (χ2v) is 3.42. The van der Waals surface area contributed by atoms with Gasteiger partial charge in [0, 0.05) is 11.8 Å². The van der Waals surface area contributed by atoms with Gasteiger partial charge in [-0.1, -0.05) is 0 Å². The molecule has 0 N–H and O–H groups in total. The predicted molar refractivity (Wildman–Crippen MR) is 46.6 cm³/mol. The highest BCUT2D eigenvalue weighted by atomic mass is 79.9. The first-order chi connectivity index (χ1) is 7.29. The van der Waals surface area contributed by atoms with Crippen molar-refractivity contribution in [2.75, 3.05) is 0 Å². The summed E-state index contributed by atoms with van der Waals surface area (Å²) in [6.07, 6.45) is -7.97. The number of rotatable bonds is 1.